The van der Waals surface area contributed by atoms with Gasteiger partial charge in [0, 0.05) is 18.0 Å². The lowest BCUT2D eigenvalue weighted by atomic mass is 9.92. The quantitative estimate of drug-likeness (QED) is 0.301. The van der Waals surface area contributed by atoms with Crippen molar-refractivity contribution in [2.45, 2.75) is 38.5 Å². The number of carbonyl (C=O) groups is 2. The Morgan fingerprint density at radius 3 is 2.27 bits per heavy atom. The number of hydrogen-bond acceptors (Lipinski definition) is 5. The number of hydrogen-bond donors (Lipinski definition) is 3. The van der Waals surface area contributed by atoms with E-state index in [0.29, 0.717) is 27.9 Å². The van der Waals surface area contributed by atoms with Gasteiger partial charge in [0.15, 0.2) is 5.96 Å². The number of thiazole rings is 1. The van der Waals surface area contributed by atoms with Crippen LogP contribution in [0.25, 0.3) is 0 Å². The second-order valence-electron chi connectivity index (χ2n) is 7.51. The van der Waals surface area contributed by atoms with Crippen LogP contribution in [-0.4, -0.2) is 27.9 Å². The molecule has 3 rings (SSSR count). The maximum absolute atomic E-state index is 13.7. The van der Waals surface area contributed by atoms with Crippen LogP contribution < -0.4 is 16.4 Å². The van der Waals surface area contributed by atoms with Gasteiger partial charge in [-0.15, -0.1) is 0 Å². The maximum Gasteiger partial charge on any atom is 0.303 e. The first-order chi connectivity index (χ1) is 15.9. The molecule has 0 fully saturated rings. The minimum Gasteiger partial charge on any atom is -0.481 e. The highest BCUT2D eigenvalue weighted by molar-refractivity contribution is 7.19. The van der Waals surface area contributed by atoms with Crippen molar-refractivity contribution >= 4 is 45.0 Å². The third kappa shape index (κ3) is 6.39. The van der Waals surface area contributed by atoms with Gasteiger partial charge in [0.1, 0.15) is 5.00 Å². The first kappa shape index (κ1) is 23.9. The Labute approximate surface area is 196 Å². The molecule has 0 bridgehead atoms. The monoisotopic (exact) mass is 465 g/mol. The summed E-state index contributed by atoms with van der Waals surface area (Å²) in [6.45, 7) is 2.02. The van der Waals surface area contributed by atoms with E-state index in [1.807, 2.05) is 67.6 Å². The molecule has 33 heavy (non-hydrogen) atoms. The fourth-order valence-electron chi connectivity index (χ4n) is 3.56. The number of guanidine groups is 1. The summed E-state index contributed by atoms with van der Waals surface area (Å²) in [6.07, 6.45) is 1.33. The second-order valence-corrected chi connectivity index (χ2v) is 8.47. The first-order valence-electron chi connectivity index (χ1n) is 10.6. The molecule has 0 aliphatic rings. The van der Waals surface area contributed by atoms with E-state index >= 15 is 0 Å². The van der Waals surface area contributed by atoms with Crippen molar-refractivity contribution in [3.05, 3.63) is 71.9 Å². The smallest absolute Gasteiger partial charge is 0.303 e. The Kier molecular flexibility index (Phi) is 8.15. The van der Waals surface area contributed by atoms with Gasteiger partial charge in [-0.2, -0.15) is 4.99 Å². The summed E-state index contributed by atoms with van der Waals surface area (Å²) >= 11 is 1.23. The number of aromatic nitrogens is 1. The first-order valence-corrected chi connectivity index (χ1v) is 11.4. The van der Waals surface area contributed by atoms with Gasteiger partial charge in [-0.3, -0.25) is 14.5 Å². The van der Waals surface area contributed by atoms with Gasteiger partial charge in [0.2, 0.25) is 11.0 Å². The number of carboxylic acid groups (broad SMARTS) is 1. The molecular formula is C24H27N5O3S. The number of nitrogens with zero attached hydrogens (tertiary/aromatic N) is 3. The summed E-state index contributed by atoms with van der Waals surface area (Å²) in [4.78, 5) is 35.5. The van der Waals surface area contributed by atoms with E-state index in [1.165, 1.54) is 11.3 Å². The summed E-state index contributed by atoms with van der Waals surface area (Å²) < 4.78 is 0. The molecule has 8 nitrogen and oxygen atoms in total. The number of nitrogens with two attached hydrogens (primary N) is 2. The molecule has 3 aromatic rings. The Morgan fingerprint density at radius 1 is 1.06 bits per heavy atom. The van der Waals surface area contributed by atoms with Gasteiger partial charge in [-0.1, -0.05) is 73.2 Å². The molecule has 1 amide bonds. The molecule has 0 aliphatic heterocycles. The van der Waals surface area contributed by atoms with E-state index in [-0.39, 0.29) is 24.7 Å². The fourth-order valence-corrected chi connectivity index (χ4v) is 4.61. The lowest BCUT2D eigenvalue weighted by molar-refractivity contribution is -0.137. The van der Waals surface area contributed by atoms with E-state index < -0.39 is 11.9 Å². The zero-order valence-electron chi connectivity index (χ0n) is 18.3. The van der Waals surface area contributed by atoms with Crippen LogP contribution in [0.3, 0.4) is 0 Å². The number of benzene rings is 2. The topological polar surface area (TPSA) is 135 Å². The number of aliphatic imine (C=N–C) groups is 1. The standard InChI is InChI=1S/C24H27N5O3S/c1-2-9-19-22(33-24(27-19)28-23(25)26)29(18-12-7-4-8-13-18)20(30)14-17(15-21(31)32)16-10-5-3-6-11-16/h3-8,10-13,17H,2,9,14-15H2,1H3,(H,31,32)(H4,25,26,27,28). The van der Waals surface area contributed by atoms with Crippen LogP contribution in [0.2, 0.25) is 0 Å². The summed E-state index contributed by atoms with van der Waals surface area (Å²) in [5.41, 5.74) is 13.3. The number of amides is 1. The van der Waals surface area contributed by atoms with E-state index in [4.69, 9.17) is 11.5 Å². The number of rotatable bonds is 10. The van der Waals surface area contributed by atoms with Crippen molar-refractivity contribution in [2.24, 2.45) is 16.5 Å². The highest BCUT2D eigenvalue weighted by atomic mass is 32.1. The Morgan fingerprint density at radius 2 is 1.70 bits per heavy atom. The minimum absolute atomic E-state index is 0.0201. The van der Waals surface area contributed by atoms with Gasteiger partial charge < -0.3 is 16.6 Å². The Hall–Kier alpha value is -3.72. The number of aryl methyl sites for hydroxylation is 1. The molecule has 1 heterocycles. The van der Waals surface area contributed by atoms with E-state index in [2.05, 4.69) is 9.98 Å². The summed E-state index contributed by atoms with van der Waals surface area (Å²) in [7, 11) is 0. The van der Waals surface area contributed by atoms with Gasteiger partial charge in [0.25, 0.3) is 0 Å². The molecule has 5 N–H and O–H groups in total. The Bertz CT molecular complexity index is 1110. The van der Waals surface area contributed by atoms with Crippen LogP contribution in [0.15, 0.2) is 65.7 Å². The Balaban J connectivity index is 2.04. The number of anilines is 2. The molecule has 1 atom stereocenters. The predicted octanol–water partition coefficient (Wildman–Crippen LogP) is 4.31. The summed E-state index contributed by atoms with van der Waals surface area (Å²) in [5.74, 6) is -1.76. The number of carboxylic acids is 1. The zero-order chi connectivity index (χ0) is 23.8. The predicted molar refractivity (Wildman–Crippen MR) is 131 cm³/mol. The largest absolute Gasteiger partial charge is 0.481 e. The van der Waals surface area contributed by atoms with Crippen LogP contribution >= 0.6 is 11.3 Å². The molecule has 172 valence electrons. The second kappa shape index (κ2) is 11.2. The highest BCUT2D eigenvalue weighted by Crippen LogP contribution is 2.40. The average molecular weight is 466 g/mol. The van der Waals surface area contributed by atoms with Gasteiger partial charge >= 0.3 is 5.97 Å². The molecule has 0 saturated heterocycles. The fraction of sp³-hybridized carbons (Fsp3) is 0.250. The van der Waals surface area contributed by atoms with Crippen molar-refractivity contribution in [2.75, 3.05) is 4.90 Å². The van der Waals surface area contributed by atoms with Gasteiger partial charge in [-0.25, -0.2) is 4.98 Å². The SMILES string of the molecule is CCCc1nc(N=C(N)N)sc1N(C(=O)CC(CC(=O)O)c1ccccc1)c1ccccc1. The van der Waals surface area contributed by atoms with E-state index in [0.717, 1.165) is 12.0 Å². The van der Waals surface area contributed by atoms with Crippen LogP contribution in [-0.2, 0) is 16.0 Å². The van der Waals surface area contributed by atoms with E-state index in [9.17, 15) is 14.7 Å². The third-order valence-electron chi connectivity index (χ3n) is 4.96. The van der Waals surface area contributed by atoms with Crippen LogP contribution in [0.4, 0.5) is 15.8 Å². The van der Waals surface area contributed by atoms with Crippen LogP contribution in [0.5, 0.6) is 0 Å². The lowest BCUT2D eigenvalue weighted by Gasteiger charge is -2.25. The number of para-hydroxylation sites is 1. The van der Waals surface area contributed by atoms with E-state index in [1.54, 1.807) is 4.90 Å². The molecule has 0 radical (unpaired) electrons. The summed E-state index contributed by atoms with van der Waals surface area (Å²) in [6, 6.07) is 18.5. The maximum atomic E-state index is 13.7. The number of aliphatic carboxylic acids is 1. The van der Waals surface area contributed by atoms with Crippen LogP contribution in [0, 0.1) is 0 Å². The van der Waals surface area contributed by atoms with Crippen molar-refractivity contribution < 1.29 is 14.7 Å². The average Bonchev–Trinajstić information content (AvgIpc) is 3.15. The zero-order valence-corrected chi connectivity index (χ0v) is 19.2. The molecule has 0 saturated carbocycles. The highest BCUT2D eigenvalue weighted by Gasteiger charge is 2.28. The molecule has 1 unspecified atom stereocenters. The summed E-state index contributed by atoms with van der Waals surface area (Å²) in [5, 5.41) is 10.5. The molecule has 1 aromatic heterocycles. The molecule has 0 aliphatic carbocycles. The van der Waals surface area contributed by atoms with Crippen molar-refractivity contribution in [3.63, 3.8) is 0 Å². The minimum atomic E-state index is -0.956. The lowest BCUT2D eigenvalue weighted by Crippen LogP contribution is -2.28. The van der Waals surface area contributed by atoms with Gasteiger partial charge in [-0.05, 0) is 24.1 Å². The van der Waals surface area contributed by atoms with Crippen molar-refractivity contribution in [3.8, 4) is 0 Å². The third-order valence-corrected chi connectivity index (χ3v) is 5.93. The van der Waals surface area contributed by atoms with Crippen molar-refractivity contribution in [1.82, 2.24) is 4.98 Å². The normalized spacial score (nSPS) is 11.5. The molecule has 0 spiro atoms. The molecular weight excluding hydrogens is 438 g/mol. The van der Waals surface area contributed by atoms with Crippen LogP contribution in [0.1, 0.15) is 43.4 Å². The molecule has 2 aromatic carbocycles. The molecule has 9 heteroatoms. The van der Waals surface area contributed by atoms with Gasteiger partial charge in [0.05, 0.1) is 12.1 Å². The number of carbonyl (C=O) groups excluding carboxylic acids is 1. The van der Waals surface area contributed by atoms with Crippen molar-refractivity contribution in [1.29, 1.82) is 0 Å².